The zero-order chi connectivity index (χ0) is 16.8. The Bertz CT molecular complexity index is 664. The van der Waals surface area contributed by atoms with Crippen molar-refractivity contribution in [1.82, 2.24) is 5.32 Å². The van der Waals surface area contributed by atoms with Crippen molar-refractivity contribution in [2.75, 3.05) is 19.8 Å². The SMILES string of the molecule is O=C(Cc1ccc(F)cc1)NCC1(c2ccccc2)CCOCC1. The van der Waals surface area contributed by atoms with Gasteiger partial charge in [0.05, 0.1) is 6.42 Å². The predicted molar refractivity (Wildman–Crippen MR) is 91.3 cm³/mol. The summed E-state index contributed by atoms with van der Waals surface area (Å²) in [6, 6.07) is 16.4. The summed E-state index contributed by atoms with van der Waals surface area (Å²) in [6.45, 7) is 2.02. The van der Waals surface area contributed by atoms with Crippen molar-refractivity contribution in [3.63, 3.8) is 0 Å². The standard InChI is InChI=1S/C20H22FNO2/c21-18-8-6-16(7-9-18)14-19(23)22-15-20(10-12-24-13-11-20)17-4-2-1-3-5-17/h1-9H,10-15H2,(H,22,23). The number of rotatable bonds is 5. The van der Waals surface area contributed by atoms with Crippen LogP contribution in [-0.4, -0.2) is 25.7 Å². The molecule has 1 fully saturated rings. The first-order valence-electron chi connectivity index (χ1n) is 8.32. The predicted octanol–water partition coefficient (Wildman–Crippen LogP) is 3.23. The summed E-state index contributed by atoms with van der Waals surface area (Å²) in [5.74, 6) is -0.326. The number of nitrogens with one attached hydrogen (secondary N) is 1. The van der Waals surface area contributed by atoms with Gasteiger partial charge in [0, 0.05) is 25.2 Å². The zero-order valence-corrected chi connectivity index (χ0v) is 13.6. The Kier molecular flexibility index (Phi) is 5.26. The van der Waals surface area contributed by atoms with Gasteiger partial charge in [0.2, 0.25) is 5.91 Å². The van der Waals surface area contributed by atoms with Crippen molar-refractivity contribution in [3.8, 4) is 0 Å². The minimum atomic E-state index is -0.288. The molecule has 1 heterocycles. The van der Waals surface area contributed by atoms with E-state index in [-0.39, 0.29) is 23.6 Å². The smallest absolute Gasteiger partial charge is 0.224 e. The van der Waals surface area contributed by atoms with Gasteiger partial charge in [0.15, 0.2) is 0 Å². The lowest BCUT2D eigenvalue weighted by molar-refractivity contribution is -0.120. The van der Waals surface area contributed by atoms with Crippen LogP contribution in [0, 0.1) is 5.82 Å². The average Bonchev–Trinajstić information content (AvgIpc) is 2.63. The minimum absolute atomic E-state index is 0.0385. The molecule has 4 heteroatoms. The second kappa shape index (κ2) is 7.58. The largest absolute Gasteiger partial charge is 0.381 e. The highest BCUT2D eigenvalue weighted by molar-refractivity contribution is 5.78. The van der Waals surface area contributed by atoms with Gasteiger partial charge in [0.25, 0.3) is 0 Å². The maximum absolute atomic E-state index is 12.9. The molecule has 3 rings (SSSR count). The molecule has 2 aromatic rings. The molecule has 24 heavy (non-hydrogen) atoms. The summed E-state index contributed by atoms with van der Waals surface area (Å²) in [5.41, 5.74) is 1.99. The van der Waals surface area contributed by atoms with E-state index in [1.807, 2.05) is 18.2 Å². The van der Waals surface area contributed by atoms with Crippen molar-refractivity contribution >= 4 is 5.91 Å². The highest BCUT2D eigenvalue weighted by Crippen LogP contribution is 2.34. The molecule has 3 nitrogen and oxygen atoms in total. The normalized spacial score (nSPS) is 16.5. The van der Waals surface area contributed by atoms with Gasteiger partial charge in [-0.05, 0) is 36.1 Å². The first-order valence-corrected chi connectivity index (χ1v) is 8.32. The van der Waals surface area contributed by atoms with Crippen LogP contribution in [0.1, 0.15) is 24.0 Å². The molecule has 1 aliphatic rings. The lowest BCUT2D eigenvalue weighted by atomic mass is 9.74. The molecule has 0 unspecified atom stereocenters. The molecule has 0 radical (unpaired) electrons. The summed E-state index contributed by atoms with van der Waals surface area (Å²) < 4.78 is 18.5. The molecule has 0 aromatic heterocycles. The Morgan fingerprint density at radius 1 is 1.04 bits per heavy atom. The second-order valence-electron chi connectivity index (χ2n) is 6.34. The van der Waals surface area contributed by atoms with Crippen molar-refractivity contribution in [1.29, 1.82) is 0 Å². The van der Waals surface area contributed by atoms with Crippen LogP contribution in [-0.2, 0) is 21.4 Å². The van der Waals surface area contributed by atoms with E-state index in [0.717, 1.165) is 18.4 Å². The Morgan fingerprint density at radius 2 is 1.71 bits per heavy atom. The fourth-order valence-corrected chi connectivity index (χ4v) is 3.24. The van der Waals surface area contributed by atoms with E-state index in [9.17, 15) is 9.18 Å². The number of ether oxygens (including phenoxy) is 1. The van der Waals surface area contributed by atoms with Crippen LogP contribution in [0.2, 0.25) is 0 Å². The molecule has 2 aromatic carbocycles. The topological polar surface area (TPSA) is 38.3 Å². The number of carbonyl (C=O) groups excluding carboxylic acids is 1. The van der Waals surface area contributed by atoms with Gasteiger partial charge in [-0.3, -0.25) is 4.79 Å². The number of hydrogen-bond donors (Lipinski definition) is 1. The van der Waals surface area contributed by atoms with E-state index in [4.69, 9.17) is 4.74 Å². The van der Waals surface area contributed by atoms with E-state index in [2.05, 4.69) is 17.4 Å². The molecule has 1 N–H and O–H groups in total. The van der Waals surface area contributed by atoms with Gasteiger partial charge in [-0.15, -0.1) is 0 Å². The molecule has 0 atom stereocenters. The fraction of sp³-hybridized carbons (Fsp3) is 0.350. The van der Waals surface area contributed by atoms with E-state index in [1.165, 1.54) is 17.7 Å². The summed E-state index contributed by atoms with van der Waals surface area (Å²) in [6.07, 6.45) is 2.06. The molecule has 0 bridgehead atoms. The number of benzene rings is 2. The Morgan fingerprint density at radius 3 is 2.38 bits per heavy atom. The molecule has 1 saturated heterocycles. The lowest BCUT2D eigenvalue weighted by Gasteiger charge is -2.38. The third-order valence-corrected chi connectivity index (χ3v) is 4.74. The van der Waals surface area contributed by atoms with Gasteiger partial charge < -0.3 is 10.1 Å². The monoisotopic (exact) mass is 327 g/mol. The number of hydrogen-bond acceptors (Lipinski definition) is 2. The summed E-state index contributed by atoms with van der Waals surface area (Å²) in [7, 11) is 0. The van der Waals surface area contributed by atoms with Crippen molar-refractivity contribution < 1.29 is 13.9 Å². The molecular weight excluding hydrogens is 305 g/mol. The first-order chi connectivity index (χ1) is 11.7. The maximum atomic E-state index is 12.9. The molecule has 1 aliphatic heterocycles. The third kappa shape index (κ3) is 4.01. The molecular formula is C20H22FNO2. The summed E-state index contributed by atoms with van der Waals surface area (Å²) in [5, 5.41) is 3.07. The van der Waals surface area contributed by atoms with Crippen LogP contribution < -0.4 is 5.32 Å². The first kappa shape index (κ1) is 16.7. The minimum Gasteiger partial charge on any atom is -0.381 e. The van der Waals surface area contributed by atoms with Crippen LogP contribution in [0.15, 0.2) is 54.6 Å². The van der Waals surface area contributed by atoms with Crippen LogP contribution in [0.3, 0.4) is 0 Å². The van der Waals surface area contributed by atoms with Crippen molar-refractivity contribution in [2.24, 2.45) is 0 Å². The average molecular weight is 327 g/mol. The Labute approximate surface area is 141 Å². The Balaban J connectivity index is 1.65. The van der Waals surface area contributed by atoms with Gasteiger partial charge in [-0.25, -0.2) is 4.39 Å². The van der Waals surface area contributed by atoms with Gasteiger partial charge >= 0.3 is 0 Å². The van der Waals surface area contributed by atoms with Crippen LogP contribution in [0.25, 0.3) is 0 Å². The van der Waals surface area contributed by atoms with Crippen LogP contribution in [0.5, 0.6) is 0 Å². The summed E-state index contributed by atoms with van der Waals surface area (Å²) >= 11 is 0. The molecule has 0 aliphatic carbocycles. The van der Waals surface area contributed by atoms with Gasteiger partial charge in [-0.2, -0.15) is 0 Å². The fourth-order valence-electron chi connectivity index (χ4n) is 3.24. The molecule has 0 spiro atoms. The number of halogens is 1. The van der Waals surface area contributed by atoms with Crippen LogP contribution in [0.4, 0.5) is 4.39 Å². The van der Waals surface area contributed by atoms with Gasteiger partial charge in [-0.1, -0.05) is 42.5 Å². The Hall–Kier alpha value is -2.20. The lowest BCUT2D eigenvalue weighted by Crippen LogP contribution is -2.45. The van der Waals surface area contributed by atoms with Crippen LogP contribution >= 0.6 is 0 Å². The highest BCUT2D eigenvalue weighted by atomic mass is 19.1. The van der Waals surface area contributed by atoms with E-state index >= 15 is 0 Å². The third-order valence-electron chi connectivity index (χ3n) is 4.74. The molecule has 0 saturated carbocycles. The quantitative estimate of drug-likeness (QED) is 0.915. The number of amides is 1. The molecule has 126 valence electrons. The van der Waals surface area contributed by atoms with Crippen molar-refractivity contribution in [2.45, 2.75) is 24.7 Å². The van der Waals surface area contributed by atoms with E-state index in [1.54, 1.807) is 12.1 Å². The highest BCUT2D eigenvalue weighted by Gasteiger charge is 2.34. The van der Waals surface area contributed by atoms with Gasteiger partial charge in [0.1, 0.15) is 5.82 Å². The van der Waals surface area contributed by atoms with E-state index in [0.29, 0.717) is 19.8 Å². The second-order valence-corrected chi connectivity index (χ2v) is 6.34. The van der Waals surface area contributed by atoms with Crippen molar-refractivity contribution in [3.05, 3.63) is 71.5 Å². The number of carbonyl (C=O) groups is 1. The summed E-state index contributed by atoms with van der Waals surface area (Å²) in [4.78, 5) is 12.3. The maximum Gasteiger partial charge on any atom is 0.224 e. The molecule has 1 amide bonds. The van der Waals surface area contributed by atoms with E-state index < -0.39 is 0 Å². The zero-order valence-electron chi connectivity index (χ0n) is 13.6.